The summed E-state index contributed by atoms with van der Waals surface area (Å²) in [6.45, 7) is 0. The second-order valence-electron chi connectivity index (χ2n) is 4.52. The summed E-state index contributed by atoms with van der Waals surface area (Å²) in [5, 5.41) is 3.93. The molecule has 1 N–H and O–H groups in total. The molecule has 0 saturated carbocycles. The molecule has 0 spiro atoms. The third kappa shape index (κ3) is 2.28. The molecule has 0 bridgehead atoms. The fourth-order valence-electron chi connectivity index (χ4n) is 1.91. The van der Waals surface area contributed by atoms with E-state index < -0.39 is 11.2 Å². The Balaban J connectivity index is 2.00. The van der Waals surface area contributed by atoms with Crippen LogP contribution in [0.5, 0.6) is 0 Å². The second kappa shape index (κ2) is 5.28. The molecule has 3 aromatic rings. The highest BCUT2D eigenvalue weighted by Gasteiger charge is 2.11. The van der Waals surface area contributed by atoms with E-state index in [9.17, 15) is 9.59 Å². The average Bonchev–Trinajstić information content (AvgIpc) is 3.04. The quantitative estimate of drug-likeness (QED) is 0.541. The van der Waals surface area contributed by atoms with E-state index in [0.717, 1.165) is 4.57 Å². The maximum Gasteiger partial charge on any atom is 0.332 e. The Morgan fingerprint density at radius 1 is 1.32 bits per heavy atom. The summed E-state index contributed by atoms with van der Waals surface area (Å²) in [5.74, 6) is 0.852. The molecule has 22 heavy (non-hydrogen) atoms. The molecule has 3 aromatic heterocycles. The molecule has 0 aromatic carbocycles. The lowest BCUT2D eigenvalue weighted by molar-refractivity contribution is 0.560. The first-order chi connectivity index (χ1) is 10.6. The second-order valence-corrected chi connectivity index (χ2v) is 4.52. The van der Waals surface area contributed by atoms with Crippen molar-refractivity contribution in [2.24, 2.45) is 19.2 Å². The summed E-state index contributed by atoms with van der Waals surface area (Å²) in [6.07, 6.45) is 4.38. The zero-order valence-corrected chi connectivity index (χ0v) is 11.8. The van der Waals surface area contributed by atoms with E-state index in [4.69, 9.17) is 4.42 Å². The van der Waals surface area contributed by atoms with Crippen LogP contribution in [0.3, 0.4) is 0 Å². The van der Waals surface area contributed by atoms with E-state index >= 15 is 0 Å². The number of aryl methyl sites for hydroxylation is 1. The minimum Gasteiger partial charge on any atom is -0.463 e. The van der Waals surface area contributed by atoms with Crippen molar-refractivity contribution in [3.63, 3.8) is 0 Å². The van der Waals surface area contributed by atoms with Crippen molar-refractivity contribution in [1.82, 2.24) is 19.1 Å². The van der Waals surface area contributed by atoms with E-state index in [1.165, 1.54) is 37.3 Å². The van der Waals surface area contributed by atoms with Gasteiger partial charge in [0.05, 0.1) is 18.7 Å². The van der Waals surface area contributed by atoms with Gasteiger partial charge in [0.15, 0.2) is 17.0 Å². The largest absolute Gasteiger partial charge is 0.463 e. The molecule has 3 rings (SSSR count). The van der Waals surface area contributed by atoms with Crippen LogP contribution in [0.2, 0.25) is 0 Å². The van der Waals surface area contributed by atoms with E-state index in [1.54, 1.807) is 12.1 Å². The number of rotatable bonds is 3. The Labute approximate surface area is 123 Å². The minimum atomic E-state index is -0.510. The zero-order chi connectivity index (χ0) is 15.7. The molecular weight excluding hydrogens is 288 g/mol. The van der Waals surface area contributed by atoms with Crippen LogP contribution >= 0.6 is 0 Å². The molecule has 0 amide bonds. The highest BCUT2D eigenvalue weighted by atomic mass is 16.3. The topological polar surface area (TPSA) is 107 Å². The normalized spacial score (nSPS) is 11.4. The third-order valence-electron chi connectivity index (χ3n) is 3.07. The summed E-state index contributed by atoms with van der Waals surface area (Å²) in [7, 11) is 2.92. The van der Waals surface area contributed by atoms with Crippen LogP contribution in [0.1, 0.15) is 5.76 Å². The van der Waals surface area contributed by atoms with E-state index in [2.05, 4.69) is 20.5 Å². The number of hydrogen-bond acceptors (Lipinski definition) is 7. The molecule has 0 aliphatic carbocycles. The van der Waals surface area contributed by atoms with Gasteiger partial charge < -0.3 is 4.42 Å². The molecule has 0 atom stereocenters. The third-order valence-corrected chi connectivity index (χ3v) is 3.07. The first-order valence-electron chi connectivity index (χ1n) is 6.33. The van der Waals surface area contributed by atoms with Gasteiger partial charge in [0, 0.05) is 14.1 Å². The number of hydrazone groups is 1. The van der Waals surface area contributed by atoms with Crippen molar-refractivity contribution in [3.8, 4) is 0 Å². The lowest BCUT2D eigenvalue weighted by atomic mass is 10.4. The summed E-state index contributed by atoms with van der Waals surface area (Å²) < 4.78 is 7.33. The van der Waals surface area contributed by atoms with Crippen molar-refractivity contribution in [2.45, 2.75) is 0 Å². The van der Waals surface area contributed by atoms with Crippen LogP contribution in [0, 0.1) is 0 Å². The summed E-state index contributed by atoms with van der Waals surface area (Å²) >= 11 is 0. The number of anilines is 1. The SMILES string of the molecule is Cn1c(=O)c2nc(NN=Cc3ccco3)cnc2n(C)c1=O. The summed E-state index contributed by atoms with van der Waals surface area (Å²) in [5.41, 5.74) is 1.99. The summed E-state index contributed by atoms with van der Waals surface area (Å²) in [6, 6.07) is 3.48. The number of nitrogens with zero attached hydrogens (tertiary/aromatic N) is 5. The van der Waals surface area contributed by atoms with Crippen LogP contribution in [0.25, 0.3) is 11.2 Å². The molecule has 0 radical (unpaired) electrons. The van der Waals surface area contributed by atoms with Crippen LogP contribution in [-0.4, -0.2) is 25.3 Å². The number of aromatic nitrogens is 4. The van der Waals surface area contributed by atoms with Gasteiger partial charge in [-0.2, -0.15) is 5.10 Å². The molecule has 0 fully saturated rings. The maximum atomic E-state index is 12.1. The first kappa shape index (κ1) is 13.7. The standard InChI is InChI=1S/C13H12N6O3/c1-18-11-10(12(20)19(2)13(18)21)16-9(7-14-11)17-15-6-8-4-3-5-22-8/h3-7H,1-2H3,(H,16,17). The predicted octanol–water partition coefficient (Wildman–Crippen LogP) is 0.0662. The van der Waals surface area contributed by atoms with Crippen molar-refractivity contribution in [2.75, 3.05) is 5.43 Å². The maximum absolute atomic E-state index is 12.1. The Morgan fingerprint density at radius 2 is 2.14 bits per heavy atom. The lowest BCUT2D eigenvalue weighted by Gasteiger charge is -2.06. The fraction of sp³-hybridized carbons (Fsp3) is 0.154. The zero-order valence-electron chi connectivity index (χ0n) is 11.8. The van der Waals surface area contributed by atoms with Gasteiger partial charge >= 0.3 is 5.69 Å². The van der Waals surface area contributed by atoms with Crippen LogP contribution in [-0.2, 0) is 14.1 Å². The highest BCUT2D eigenvalue weighted by Crippen LogP contribution is 2.06. The van der Waals surface area contributed by atoms with Crippen molar-refractivity contribution in [3.05, 3.63) is 51.2 Å². The van der Waals surface area contributed by atoms with Gasteiger partial charge in [-0.15, -0.1) is 0 Å². The predicted molar refractivity (Wildman–Crippen MR) is 79.9 cm³/mol. The van der Waals surface area contributed by atoms with Gasteiger partial charge in [0.1, 0.15) is 5.76 Å². The van der Waals surface area contributed by atoms with E-state index in [1.807, 2.05) is 0 Å². The molecule has 3 heterocycles. The monoisotopic (exact) mass is 300 g/mol. The Bertz CT molecular complexity index is 968. The fourth-order valence-corrected chi connectivity index (χ4v) is 1.91. The van der Waals surface area contributed by atoms with Gasteiger partial charge in [0.25, 0.3) is 5.56 Å². The van der Waals surface area contributed by atoms with Crippen molar-refractivity contribution in [1.29, 1.82) is 0 Å². The Hall–Kier alpha value is -3.23. The Morgan fingerprint density at radius 3 is 2.86 bits per heavy atom. The minimum absolute atomic E-state index is 0.0859. The average molecular weight is 300 g/mol. The van der Waals surface area contributed by atoms with Crippen LogP contribution in [0.15, 0.2) is 43.7 Å². The van der Waals surface area contributed by atoms with E-state index in [0.29, 0.717) is 5.76 Å². The number of hydrogen-bond donors (Lipinski definition) is 1. The molecule has 0 saturated heterocycles. The van der Waals surface area contributed by atoms with Crippen molar-refractivity contribution < 1.29 is 4.42 Å². The van der Waals surface area contributed by atoms with Gasteiger partial charge in [-0.3, -0.25) is 19.4 Å². The van der Waals surface area contributed by atoms with E-state index in [-0.39, 0.29) is 17.0 Å². The van der Waals surface area contributed by atoms with Gasteiger partial charge in [-0.25, -0.2) is 14.8 Å². The van der Waals surface area contributed by atoms with Gasteiger partial charge in [-0.1, -0.05) is 0 Å². The number of fused-ring (bicyclic) bond motifs is 1. The Kier molecular flexibility index (Phi) is 3.30. The molecule has 9 nitrogen and oxygen atoms in total. The van der Waals surface area contributed by atoms with Crippen LogP contribution < -0.4 is 16.7 Å². The molecule has 0 aliphatic heterocycles. The molecule has 112 valence electrons. The van der Waals surface area contributed by atoms with Crippen molar-refractivity contribution >= 4 is 23.2 Å². The van der Waals surface area contributed by atoms with Crippen LogP contribution in [0.4, 0.5) is 5.82 Å². The van der Waals surface area contributed by atoms with Gasteiger partial charge in [0.2, 0.25) is 0 Å². The number of nitrogens with one attached hydrogen (secondary N) is 1. The smallest absolute Gasteiger partial charge is 0.332 e. The highest BCUT2D eigenvalue weighted by molar-refractivity contribution is 5.76. The summed E-state index contributed by atoms with van der Waals surface area (Å²) in [4.78, 5) is 32.1. The first-order valence-corrected chi connectivity index (χ1v) is 6.33. The molecule has 0 unspecified atom stereocenters. The molecule has 9 heteroatoms. The van der Waals surface area contributed by atoms with Gasteiger partial charge in [-0.05, 0) is 12.1 Å². The molecular formula is C13H12N6O3. The lowest BCUT2D eigenvalue weighted by Crippen LogP contribution is -2.37. The number of furan rings is 1. The molecule has 0 aliphatic rings.